The van der Waals surface area contributed by atoms with Gasteiger partial charge in [-0.05, 0) is 42.8 Å². The van der Waals surface area contributed by atoms with Crippen LogP contribution >= 0.6 is 0 Å². The molecule has 0 aliphatic rings. The van der Waals surface area contributed by atoms with Crippen molar-refractivity contribution in [3.63, 3.8) is 0 Å². The zero-order valence-corrected chi connectivity index (χ0v) is 14.1. The third-order valence-electron chi connectivity index (χ3n) is 3.31. The van der Waals surface area contributed by atoms with Crippen LogP contribution in [0.1, 0.15) is 19.8 Å². The van der Waals surface area contributed by atoms with E-state index in [0.29, 0.717) is 23.8 Å². The van der Waals surface area contributed by atoms with Gasteiger partial charge in [0.2, 0.25) is 0 Å². The summed E-state index contributed by atoms with van der Waals surface area (Å²) in [7, 11) is 1.58. The summed E-state index contributed by atoms with van der Waals surface area (Å²) in [6.45, 7) is 2.77. The number of benzene rings is 2. The van der Waals surface area contributed by atoms with Gasteiger partial charge in [-0.1, -0.05) is 19.4 Å². The summed E-state index contributed by atoms with van der Waals surface area (Å²) in [6.07, 6.45) is 2.13. The minimum absolute atomic E-state index is 0.0623. The summed E-state index contributed by atoms with van der Waals surface area (Å²) in [5.74, 6) is 1.88. The van der Waals surface area contributed by atoms with Crippen LogP contribution < -0.4 is 19.5 Å². The van der Waals surface area contributed by atoms with Gasteiger partial charge in [-0.2, -0.15) is 0 Å². The van der Waals surface area contributed by atoms with Gasteiger partial charge in [-0.3, -0.25) is 4.79 Å². The molecular weight excluding hydrogens is 306 g/mol. The first-order valence-corrected chi connectivity index (χ1v) is 8.01. The van der Waals surface area contributed by atoms with Gasteiger partial charge in [0.1, 0.15) is 17.2 Å². The maximum Gasteiger partial charge on any atom is 0.262 e. The third-order valence-corrected chi connectivity index (χ3v) is 3.31. The lowest BCUT2D eigenvalue weighted by Crippen LogP contribution is -2.20. The number of unbranched alkanes of at least 4 members (excludes halogenated alkanes) is 1. The summed E-state index contributed by atoms with van der Waals surface area (Å²) in [5, 5.41) is 2.76. The van der Waals surface area contributed by atoms with Crippen LogP contribution in [0.15, 0.2) is 48.5 Å². The average molecular weight is 329 g/mol. The van der Waals surface area contributed by atoms with Crippen LogP contribution in [0.2, 0.25) is 0 Å². The van der Waals surface area contributed by atoms with E-state index in [-0.39, 0.29) is 12.5 Å². The van der Waals surface area contributed by atoms with E-state index in [4.69, 9.17) is 14.2 Å². The molecule has 0 spiro atoms. The molecule has 0 aliphatic carbocycles. The second-order valence-electron chi connectivity index (χ2n) is 5.24. The third kappa shape index (κ3) is 5.83. The maximum atomic E-state index is 11.9. The zero-order valence-electron chi connectivity index (χ0n) is 14.1. The molecular formula is C19H23NO4. The van der Waals surface area contributed by atoms with E-state index in [2.05, 4.69) is 12.2 Å². The van der Waals surface area contributed by atoms with Crippen molar-refractivity contribution >= 4 is 11.6 Å². The second-order valence-corrected chi connectivity index (χ2v) is 5.24. The number of methoxy groups -OCH3 is 1. The van der Waals surface area contributed by atoms with Gasteiger partial charge in [0.25, 0.3) is 5.91 Å². The fourth-order valence-corrected chi connectivity index (χ4v) is 2.01. The first-order valence-electron chi connectivity index (χ1n) is 8.01. The number of hydrogen-bond donors (Lipinski definition) is 1. The summed E-state index contributed by atoms with van der Waals surface area (Å²) < 4.78 is 16.2. The largest absolute Gasteiger partial charge is 0.497 e. The van der Waals surface area contributed by atoms with Crippen LogP contribution in [0.4, 0.5) is 5.69 Å². The zero-order chi connectivity index (χ0) is 17.2. The molecule has 24 heavy (non-hydrogen) atoms. The van der Waals surface area contributed by atoms with Gasteiger partial charge in [-0.15, -0.1) is 0 Å². The monoisotopic (exact) mass is 329 g/mol. The number of anilines is 1. The molecule has 1 N–H and O–H groups in total. The van der Waals surface area contributed by atoms with Crippen molar-refractivity contribution < 1.29 is 19.0 Å². The van der Waals surface area contributed by atoms with Crippen molar-refractivity contribution in [3.05, 3.63) is 48.5 Å². The van der Waals surface area contributed by atoms with Crippen LogP contribution in [0, 0.1) is 0 Å². The lowest BCUT2D eigenvalue weighted by molar-refractivity contribution is -0.118. The summed E-state index contributed by atoms with van der Waals surface area (Å²) in [4.78, 5) is 11.9. The smallest absolute Gasteiger partial charge is 0.262 e. The second kappa shape index (κ2) is 9.45. The Morgan fingerprint density at radius 2 is 1.71 bits per heavy atom. The van der Waals surface area contributed by atoms with E-state index in [1.165, 1.54) is 0 Å². The number of hydrogen-bond acceptors (Lipinski definition) is 4. The van der Waals surface area contributed by atoms with Crippen LogP contribution in [0.5, 0.6) is 17.2 Å². The van der Waals surface area contributed by atoms with Crippen LogP contribution in [0.25, 0.3) is 0 Å². The van der Waals surface area contributed by atoms with E-state index in [0.717, 1.165) is 18.6 Å². The molecule has 2 aromatic carbocycles. The molecule has 5 nitrogen and oxygen atoms in total. The van der Waals surface area contributed by atoms with Crippen molar-refractivity contribution in [2.75, 3.05) is 25.6 Å². The number of nitrogens with one attached hydrogen (secondary N) is 1. The molecule has 0 unspecified atom stereocenters. The number of ether oxygens (including phenoxy) is 3. The molecule has 0 atom stereocenters. The highest BCUT2D eigenvalue weighted by atomic mass is 16.5. The van der Waals surface area contributed by atoms with Crippen molar-refractivity contribution in [3.8, 4) is 17.2 Å². The SMILES string of the molecule is CCCCOc1ccc(OCC(=O)Nc2cccc(OC)c2)cc1. The molecule has 2 aromatic rings. The minimum Gasteiger partial charge on any atom is -0.497 e. The standard InChI is InChI=1S/C19H23NO4/c1-3-4-12-23-16-8-10-17(11-9-16)24-14-19(21)20-15-6-5-7-18(13-15)22-2/h5-11,13H,3-4,12,14H2,1-2H3,(H,20,21). The molecule has 5 heteroatoms. The predicted octanol–water partition coefficient (Wildman–Crippen LogP) is 3.89. The Hall–Kier alpha value is -2.69. The number of amides is 1. The highest BCUT2D eigenvalue weighted by Gasteiger charge is 2.05. The topological polar surface area (TPSA) is 56.8 Å². The summed E-state index contributed by atoms with van der Waals surface area (Å²) in [6, 6.07) is 14.4. The van der Waals surface area contributed by atoms with E-state index in [9.17, 15) is 4.79 Å². The van der Waals surface area contributed by atoms with E-state index in [1.54, 1.807) is 31.4 Å². The quantitative estimate of drug-likeness (QED) is 0.709. The van der Waals surface area contributed by atoms with E-state index < -0.39 is 0 Å². The number of carbonyl (C=O) groups is 1. The Balaban J connectivity index is 1.78. The fraction of sp³-hybridized carbons (Fsp3) is 0.316. The number of carbonyl (C=O) groups excluding carboxylic acids is 1. The highest BCUT2D eigenvalue weighted by molar-refractivity contribution is 5.92. The van der Waals surface area contributed by atoms with Gasteiger partial charge in [0, 0.05) is 11.8 Å². The van der Waals surface area contributed by atoms with Crippen molar-refractivity contribution in [1.29, 1.82) is 0 Å². The molecule has 0 heterocycles. The van der Waals surface area contributed by atoms with Gasteiger partial charge in [0.15, 0.2) is 6.61 Å². The van der Waals surface area contributed by atoms with Gasteiger partial charge in [-0.25, -0.2) is 0 Å². The molecule has 0 aromatic heterocycles. The molecule has 0 saturated heterocycles. The molecule has 0 aliphatic heterocycles. The van der Waals surface area contributed by atoms with E-state index in [1.807, 2.05) is 24.3 Å². The number of rotatable bonds is 9. The van der Waals surface area contributed by atoms with Crippen LogP contribution in [-0.2, 0) is 4.79 Å². The normalized spacial score (nSPS) is 10.1. The highest BCUT2D eigenvalue weighted by Crippen LogP contribution is 2.19. The van der Waals surface area contributed by atoms with Gasteiger partial charge >= 0.3 is 0 Å². The summed E-state index contributed by atoms with van der Waals surface area (Å²) >= 11 is 0. The lowest BCUT2D eigenvalue weighted by atomic mass is 10.3. The van der Waals surface area contributed by atoms with Crippen molar-refractivity contribution in [2.45, 2.75) is 19.8 Å². The Bertz CT molecular complexity index is 640. The summed E-state index contributed by atoms with van der Waals surface area (Å²) in [5.41, 5.74) is 0.669. The van der Waals surface area contributed by atoms with Crippen LogP contribution in [-0.4, -0.2) is 26.2 Å². The Morgan fingerprint density at radius 3 is 2.38 bits per heavy atom. The first-order chi connectivity index (χ1) is 11.7. The van der Waals surface area contributed by atoms with Crippen LogP contribution in [0.3, 0.4) is 0 Å². The maximum absolute atomic E-state index is 11.9. The minimum atomic E-state index is -0.230. The van der Waals surface area contributed by atoms with Crippen molar-refractivity contribution in [2.24, 2.45) is 0 Å². The predicted molar refractivity (Wildman–Crippen MR) is 94.0 cm³/mol. The van der Waals surface area contributed by atoms with E-state index >= 15 is 0 Å². The molecule has 0 fully saturated rings. The van der Waals surface area contributed by atoms with Crippen molar-refractivity contribution in [1.82, 2.24) is 0 Å². The first kappa shape index (κ1) is 17.7. The fourth-order valence-electron chi connectivity index (χ4n) is 2.01. The molecule has 1 amide bonds. The molecule has 0 radical (unpaired) electrons. The molecule has 128 valence electrons. The van der Waals surface area contributed by atoms with Gasteiger partial charge < -0.3 is 19.5 Å². The molecule has 2 rings (SSSR count). The Kier molecular flexibility index (Phi) is 6.95. The average Bonchev–Trinajstić information content (AvgIpc) is 2.61. The Labute approximate surface area is 142 Å². The lowest BCUT2D eigenvalue weighted by Gasteiger charge is -2.09. The molecule has 0 saturated carbocycles. The van der Waals surface area contributed by atoms with Gasteiger partial charge in [0.05, 0.1) is 13.7 Å². The Morgan fingerprint density at radius 1 is 1.00 bits per heavy atom. The molecule has 0 bridgehead atoms.